The molecule has 1 aromatic rings. The lowest BCUT2D eigenvalue weighted by Gasteiger charge is -2.33. The van der Waals surface area contributed by atoms with E-state index in [1.165, 1.54) is 0 Å². The highest BCUT2D eigenvalue weighted by Gasteiger charge is 2.25. The Bertz CT molecular complexity index is 430. The van der Waals surface area contributed by atoms with Crippen LogP contribution in [0.1, 0.15) is 26.7 Å². The van der Waals surface area contributed by atoms with Crippen LogP contribution in [0.2, 0.25) is 0 Å². The topological polar surface area (TPSA) is 45.2 Å². The molecule has 0 saturated carbocycles. The van der Waals surface area contributed by atoms with Gasteiger partial charge in [-0.2, -0.15) is 0 Å². The Kier molecular flexibility index (Phi) is 5.40. The molecule has 1 amide bonds. The van der Waals surface area contributed by atoms with Gasteiger partial charge in [-0.1, -0.05) is 35.8 Å². The molecule has 0 spiro atoms. The van der Waals surface area contributed by atoms with E-state index in [1.807, 2.05) is 38.2 Å². The predicted molar refractivity (Wildman–Crippen MR) is 85.2 cm³/mol. The largest absolute Gasteiger partial charge is 0.356 e. The van der Waals surface area contributed by atoms with Crippen LogP contribution in [0.15, 0.2) is 24.4 Å². The summed E-state index contributed by atoms with van der Waals surface area (Å²) >= 11 is 3.45. The van der Waals surface area contributed by atoms with Gasteiger partial charge in [0.2, 0.25) is 5.91 Å². The molecule has 1 aliphatic rings. The van der Waals surface area contributed by atoms with Crippen LogP contribution in [0.3, 0.4) is 0 Å². The van der Waals surface area contributed by atoms with Gasteiger partial charge in [0.05, 0.1) is 4.83 Å². The first-order valence-corrected chi connectivity index (χ1v) is 8.10. The first-order chi connectivity index (χ1) is 9.58. The SMILES string of the molecule is CC(C)C(Br)C(=O)NC1CCN(c2ccccn2)CC1. The second kappa shape index (κ2) is 7.07. The molecule has 0 aromatic carbocycles. The molecule has 0 bridgehead atoms. The fourth-order valence-electron chi connectivity index (χ4n) is 2.38. The van der Waals surface area contributed by atoms with E-state index in [9.17, 15) is 4.79 Å². The third-order valence-electron chi connectivity index (χ3n) is 3.65. The predicted octanol–water partition coefficient (Wildman–Crippen LogP) is 2.59. The summed E-state index contributed by atoms with van der Waals surface area (Å²) < 4.78 is 0. The van der Waals surface area contributed by atoms with Crippen LogP contribution in [0.5, 0.6) is 0 Å². The number of nitrogens with one attached hydrogen (secondary N) is 1. The van der Waals surface area contributed by atoms with Crippen molar-refractivity contribution in [1.29, 1.82) is 0 Å². The minimum absolute atomic E-state index is 0.101. The molecule has 1 aliphatic heterocycles. The van der Waals surface area contributed by atoms with Crippen LogP contribution in [0.4, 0.5) is 5.82 Å². The lowest BCUT2D eigenvalue weighted by molar-refractivity contribution is -0.121. The van der Waals surface area contributed by atoms with Gasteiger partial charge in [0.1, 0.15) is 5.82 Å². The van der Waals surface area contributed by atoms with Gasteiger partial charge in [0.25, 0.3) is 0 Å². The highest BCUT2D eigenvalue weighted by molar-refractivity contribution is 9.10. The number of carbonyl (C=O) groups is 1. The molecule has 0 radical (unpaired) electrons. The lowest BCUT2D eigenvalue weighted by Crippen LogP contribution is -2.47. The molecular formula is C15H22BrN3O. The third kappa shape index (κ3) is 3.95. The summed E-state index contributed by atoms with van der Waals surface area (Å²) in [6.45, 7) is 5.97. The number of aromatic nitrogens is 1. The molecule has 5 heteroatoms. The quantitative estimate of drug-likeness (QED) is 0.857. The van der Waals surface area contributed by atoms with E-state index in [1.54, 1.807) is 0 Å². The van der Waals surface area contributed by atoms with E-state index < -0.39 is 0 Å². The highest BCUT2D eigenvalue weighted by atomic mass is 79.9. The number of piperidine rings is 1. The zero-order valence-electron chi connectivity index (χ0n) is 12.1. The minimum atomic E-state index is -0.101. The molecule has 1 aromatic heterocycles. The van der Waals surface area contributed by atoms with Crippen molar-refractivity contribution >= 4 is 27.7 Å². The van der Waals surface area contributed by atoms with Gasteiger partial charge < -0.3 is 10.2 Å². The zero-order valence-corrected chi connectivity index (χ0v) is 13.6. The average Bonchev–Trinajstić information content (AvgIpc) is 2.48. The van der Waals surface area contributed by atoms with Crippen molar-refractivity contribution in [3.8, 4) is 0 Å². The molecule has 1 unspecified atom stereocenters. The summed E-state index contributed by atoms with van der Waals surface area (Å²) in [5.41, 5.74) is 0. The second-order valence-corrected chi connectivity index (χ2v) is 6.59. The fraction of sp³-hybridized carbons (Fsp3) is 0.600. The van der Waals surface area contributed by atoms with Crippen molar-refractivity contribution in [2.24, 2.45) is 5.92 Å². The van der Waals surface area contributed by atoms with E-state index in [0.717, 1.165) is 31.7 Å². The fourth-order valence-corrected chi connectivity index (χ4v) is 2.51. The van der Waals surface area contributed by atoms with Gasteiger partial charge in [-0.25, -0.2) is 4.98 Å². The van der Waals surface area contributed by atoms with Gasteiger partial charge in [-0.3, -0.25) is 4.79 Å². The van der Waals surface area contributed by atoms with Crippen molar-refractivity contribution in [1.82, 2.24) is 10.3 Å². The zero-order chi connectivity index (χ0) is 14.5. The summed E-state index contributed by atoms with van der Waals surface area (Å²) in [7, 11) is 0. The normalized spacial score (nSPS) is 18.1. The number of pyridine rings is 1. The van der Waals surface area contributed by atoms with Gasteiger partial charge >= 0.3 is 0 Å². The van der Waals surface area contributed by atoms with E-state index in [2.05, 4.69) is 31.1 Å². The van der Waals surface area contributed by atoms with Gasteiger partial charge in [0.15, 0.2) is 0 Å². The number of hydrogen-bond donors (Lipinski definition) is 1. The first-order valence-electron chi connectivity index (χ1n) is 7.18. The van der Waals surface area contributed by atoms with Crippen molar-refractivity contribution in [3.63, 3.8) is 0 Å². The van der Waals surface area contributed by atoms with Crippen molar-refractivity contribution < 1.29 is 4.79 Å². The maximum atomic E-state index is 12.0. The molecule has 2 heterocycles. The van der Waals surface area contributed by atoms with E-state index in [0.29, 0.717) is 5.92 Å². The molecule has 1 N–H and O–H groups in total. The Morgan fingerprint density at radius 3 is 2.65 bits per heavy atom. The number of halogens is 1. The number of alkyl halides is 1. The van der Waals surface area contributed by atoms with E-state index in [4.69, 9.17) is 0 Å². The molecular weight excluding hydrogens is 318 g/mol. The van der Waals surface area contributed by atoms with Crippen molar-refractivity contribution in [2.45, 2.75) is 37.6 Å². The number of amides is 1. The average molecular weight is 340 g/mol. The van der Waals surface area contributed by atoms with Gasteiger partial charge in [-0.05, 0) is 30.9 Å². The molecule has 1 saturated heterocycles. The first kappa shape index (κ1) is 15.3. The number of hydrogen-bond acceptors (Lipinski definition) is 3. The highest BCUT2D eigenvalue weighted by Crippen LogP contribution is 2.18. The maximum Gasteiger partial charge on any atom is 0.234 e. The smallest absolute Gasteiger partial charge is 0.234 e. The maximum absolute atomic E-state index is 12.0. The van der Waals surface area contributed by atoms with E-state index in [-0.39, 0.29) is 16.8 Å². The Balaban J connectivity index is 1.81. The molecule has 1 fully saturated rings. The molecule has 2 rings (SSSR count). The monoisotopic (exact) mass is 339 g/mol. The van der Waals surface area contributed by atoms with E-state index >= 15 is 0 Å². The van der Waals surface area contributed by atoms with Crippen molar-refractivity contribution in [2.75, 3.05) is 18.0 Å². The summed E-state index contributed by atoms with van der Waals surface area (Å²) in [5, 5.41) is 3.14. The lowest BCUT2D eigenvalue weighted by atomic mass is 10.0. The van der Waals surface area contributed by atoms with Crippen LogP contribution in [0.25, 0.3) is 0 Å². The number of anilines is 1. The van der Waals surface area contributed by atoms with Crippen LogP contribution in [-0.2, 0) is 4.79 Å². The van der Waals surface area contributed by atoms with Gasteiger partial charge in [-0.15, -0.1) is 0 Å². The minimum Gasteiger partial charge on any atom is -0.356 e. The van der Waals surface area contributed by atoms with Crippen LogP contribution >= 0.6 is 15.9 Å². The Hall–Kier alpha value is -1.10. The second-order valence-electron chi connectivity index (χ2n) is 5.60. The number of rotatable bonds is 4. The molecule has 1 atom stereocenters. The number of carbonyl (C=O) groups excluding carboxylic acids is 1. The summed E-state index contributed by atoms with van der Waals surface area (Å²) in [6.07, 6.45) is 3.77. The van der Waals surface area contributed by atoms with Crippen LogP contribution < -0.4 is 10.2 Å². The third-order valence-corrected chi connectivity index (χ3v) is 5.12. The summed E-state index contributed by atoms with van der Waals surface area (Å²) in [4.78, 5) is 18.6. The van der Waals surface area contributed by atoms with Crippen molar-refractivity contribution in [3.05, 3.63) is 24.4 Å². The standard InChI is InChI=1S/C15H22BrN3O/c1-11(2)14(16)15(20)18-12-6-9-19(10-7-12)13-5-3-4-8-17-13/h3-5,8,11-12,14H,6-7,9-10H2,1-2H3,(H,18,20). The molecule has 4 nitrogen and oxygen atoms in total. The van der Waals surface area contributed by atoms with Crippen LogP contribution in [0, 0.1) is 5.92 Å². The molecule has 110 valence electrons. The van der Waals surface area contributed by atoms with Gasteiger partial charge in [0, 0.05) is 25.3 Å². The Labute approximate surface area is 129 Å². The Morgan fingerprint density at radius 2 is 2.10 bits per heavy atom. The molecule has 20 heavy (non-hydrogen) atoms. The number of nitrogens with zero attached hydrogens (tertiary/aromatic N) is 2. The summed E-state index contributed by atoms with van der Waals surface area (Å²) in [6, 6.07) is 6.25. The van der Waals surface area contributed by atoms with Crippen LogP contribution in [-0.4, -0.2) is 34.8 Å². The Morgan fingerprint density at radius 1 is 1.40 bits per heavy atom. The molecule has 0 aliphatic carbocycles. The summed E-state index contributed by atoms with van der Waals surface area (Å²) in [5.74, 6) is 1.44.